The van der Waals surface area contributed by atoms with Crippen molar-refractivity contribution in [2.75, 3.05) is 31.6 Å². The lowest BCUT2D eigenvalue weighted by molar-refractivity contribution is 0.0917. The van der Waals surface area contributed by atoms with Crippen LogP contribution in [0.3, 0.4) is 0 Å². The summed E-state index contributed by atoms with van der Waals surface area (Å²) in [6.07, 6.45) is 5.00. The maximum atomic E-state index is 12.0. The zero-order valence-electron chi connectivity index (χ0n) is 14.3. The van der Waals surface area contributed by atoms with Gasteiger partial charge < -0.3 is 20.2 Å². The minimum atomic E-state index is -0.219. The van der Waals surface area contributed by atoms with Crippen molar-refractivity contribution in [1.29, 1.82) is 0 Å². The molecular formula is C19H25N3O3. The molecule has 134 valence electrons. The summed E-state index contributed by atoms with van der Waals surface area (Å²) in [5, 5.41) is 15.1. The summed E-state index contributed by atoms with van der Waals surface area (Å²) in [6.45, 7) is 2.50. The summed E-state index contributed by atoms with van der Waals surface area (Å²) in [7, 11) is 0. The number of carbonyl (C=O) groups excluding carboxylic acids is 1. The molecule has 2 aromatic rings. The summed E-state index contributed by atoms with van der Waals surface area (Å²) in [5.41, 5.74) is 1.70. The summed E-state index contributed by atoms with van der Waals surface area (Å²) >= 11 is 0. The molecule has 3 N–H and O–H groups in total. The van der Waals surface area contributed by atoms with Gasteiger partial charge in [-0.3, -0.25) is 4.90 Å². The number of nitrogens with one attached hydrogen (secondary N) is 2. The SMILES string of the molecule is O=C(NCCN1CCCCC1CO)Nc1ccc(-c2ccco2)cc1. The van der Waals surface area contributed by atoms with Crippen LogP contribution in [0.25, 0.3) is 11.3 Å². The van der Waals surface area contributed by atoms with E-state index in [0.717, 1.165) is 42.9 Å². The predicted molar refractivity (Wildman–Crippen MR) is 97.5 cm³/mol. The molecule has 2 heterocycles. The maximum absolute atomic E-state index is 12.0. The first-order valence-electron chi connectivity index (χ1n) is 8.80. The van der Waals surface area contributed by atoms with Crippen molar-refractivity contribution in [3.8, 4) is 11.3 Å². The first-order chi connectivity index (χ1) is 12.3. The van der Waals surface area contributed by atoms with Gasteiger partial charge in [-0.2, -0.15) is 0 Å². The normalized spacial score (nSPS) is 18.0. The van der Waals surface area contributed by atoms with Crippen molar-refractivity contribution in [1.82, 2.24) is 10.2 Å². The first kappa shape index (κ1) is 17.5. The average molecular weight is 343 g/mol. The second-order valence-corrected chi connectivity index (χ2v) is 6.30. The molecular weight excluding hydrogens is 318 g/mol. The topological polar surface area (TPSA) is 77.7 Å². The number of aliphatic hydroxyl groups excluding tert-OH is 1. The summed E-state index contributed by atoms with van der Waals surface area (Å²) in [4.78, 5) is 14.3. The van der Waals surface area contributed by atoms with Crippen LogP contribution in [0.4, 0.5) is 10.5 Å². The van der Waals surface area contributed by atoms with Gasteiger partial charge in [0.25, 0.3) is 0 Å². The molecule has 1 aromatic heterocycles. The van der Waals surface area contributed by atoms with Gasteiger partial charge in [0.15, 0.2) is 0 Å². The Labute approximate surface area is 147 Å². The number of furan rings is 1. The monoisotopic (exact) mass is 343 g/mol. The predicted octanol–water partition coefficient (Wildman–Crippen LogP) is 2.91. The van der Waals surface area contributed by atoms with E-state index in [1.165, 1.54) is 6.42 Å². The van der Waals surface area contributed by atoms with Crippen LogP contribution >= 0.6 is 0 Å². The Morgan fingerprint density at radius 3 is 2.80 bits per heavy atom. The highest BCUT2D eigenvalue weighted by molar-refractivity contribution is 5.89. The summed E-state index contributed by atoms with van der Waals surface area (Å²) < 4.78 is 5.35. The Morgan fingerprint density at radius 1 is 1.24 bits per heavy atom. The molecule has 1 fully saturated rings. The van der Waals surface area contributed by atoms with Crippen LogP contribution in [0, 0.1) is 0 Å². The van der Waals surface area contributed by atoms with Crippen LogP contribution in [0.2, 0.25) is 0 Å². The first-order valence-corrected chi connectivity index (χ1v) is 8.80. The van der Waals surface area contributed by atoms with E-state index in [4.69, 9.17) is 4.42 Å². The van der Waals surface area contributed by atoms with Crippen LogP contribution in [0.5, 0.6) is 0 Å². The fourth-order valence-electron chi connectivity index (χ4n) is 3.21. The second-order valence-electron chi connectivity index (χ2n) is 6.30. The quantitative estimate of drug-likeness (QED) is 0.754. The third-order valence-electron chi connectivity index (χ3n) is 4.59. The van der Waals surface area contributed by atoms with Gasteiger partial charge in [0.1, 0.15) is 5.76 Å². The van der Waals surface area contributed by atoms with Gasteiger partial charge in [0.2, 0.25) is 0 Å². The van der Waals surface area contributed by atoms with E-state index >= 15 is 0 Å². The Hall–Kier alpha value is -2.31. The lowest BCUT2D eigenvalue weighted by Gasteiger charge is -2.34. The zero-order valence-corrected chi connectivity index (χ0v) is 14.3. The number of piperidine rings is 1. The minimum absolute atomic E-state index is 0.189. The van der Waals surface area contributed by atoms with Gasteiger partial charge in [-0.15, -0.1) is 0 Å². The number of nitrogens with zero attached hydrogens (tertiary/aromatic N) is 1. The van der Waals surface area contributed by atoms with Gasteiger partial charge >= 0.3 is 6.03 Å². The number of rotatable bonds is 6. The maximum Gasteiger partial charge on any atom is 0.319 e. The largest absolute Gasteiger partial charge is 0.464 e. The molecule has 3 rings (SSSR count). The van der Waals surface area contributed by atoms with Crippen LogP contribution in [-0.4, -0.2) is 48.3 Å². The van der Waals surface area contributed by atoms with Crippen molar-refractivity contribution in [2.24, 2.45) is 0 Å². The van der Waals surface area contributed by atoms with Crippen molar-refractivity contribution in [3.63, 3.8) is 0 Å². The fraction of sp³-hybridized carbons (Fsp3) is 0.421. The van der Waals surface area contributed by atoms with E-state index in [1.807, 2.05) is 36.4 Å². The molecule has 0 saturated carbocycles. The number of aliphatic hydroxyl groups is 1. The molecule has 0 radical (unpaired) electrons. The number of benzene rings is 1. The molecule has 1 aromatic carbocycles. The standard InChI is InChI=1S/C19H25N3O3/c23-14-17-4-1-2-11-22(17)12-10-20-19(24)21-16-8-6-15(7-9-16)18-5-3-13-25-18/h3,5-9,13,17,23H,1-2,4,10-12,14H2,(H2,20,21,24). The number of anilines is 1. The van der Waals surface area contributed by atoms with Gasteiger partial charge in [-0.25, -0.2) is 4.79 Å². The Morgan fingerprint density at radius 2 is 2.08 bits per heavy atom. The Bertz CT molecular complexity index is 655. The molecule has 25 heavy (non-hydrogen) atoms. The fourth-order valence-corrected chi connectivity index (χ4v) is 3.21. The number of hydrogen-bond acceptors (Lipinski definition) is 4. The Kier molecular flexibility index (Phi) is 6.09. The van der Waals surface area contributed by atoms with Gasteiger partial charge in [0.05, 0.1) is 12.9 Å². The van der Waals surface area contributed by atoms with E-state index in [-0.39, 0.29) is 18.7 Å². The highest BCUT2D eigenvalue weighted by Gasteiger charge is 2.20. The van der Waals surface area contributed by atoms with E-state index in [0.29, 0.717) is 6.54 Å². The van der Waals surface area contributed by atoms with Crippen molar-refractivity contribution in [2.45, 2.75) is 25.3 Å². The van der Waals surface area contributed by atoms with E-state index in [1.54, 1.807) is 6.26 Å². The molecule has 1 aliphatic heterocycles. The molecule has 6 nitrogen and oxygen atoms in total. The molecule has 1 saturated heterocycles. The average Bonchev–Trinajstić information content (AvgIpc) is 3.17. The number of hydrogen-bond donors (Lipinski definition) is 3. The number of likely N-dealkylation sites (tertiary alicyclic amines) is 1. The smallest absolute Gasteiger partial charge is 0.319 e. The molecule has 6 heteroatoms. The molecule has 1 atom stereocenters. The molecule has 2 amide bonds. The number of carbonyl (C=O) groups is 1. The van der Waals surface area contributed by atoms with Crippen molar-refractivity contribution >= 4 is 11.7 Å². The summed E-state index contributed by atoms with van der Waals surface area (Å²) in [5.74, 6) is 0.802. The minimum Gasteiger partial charge on any atom is -0.464 e. The van der Waals surface area contributed by atoms with Crippen LogP contribution in [0.1, 0.15) is 19.3 Å². The zero-order chi connectivity index (χ0) is 17.5. The molecule has 1 aliphatic rings. The van der Waals surface area contributed by atoms with Gasteiger partial charge in [0, 0.05) is 30.4 Å². The van der Waals surface area contributed by atoms with Crippen LogP contribution in [0.15, 0.2) is 47.1 Å². The lowest BCUT2D eigenvalue weighted by atomic mass is 10.0. The van der Waals surface area contributed by atoms with E-state index in [9.17, 15) is 9.90 Å². The van der Waals surface area contributed by atoms with Crippen molar-refractivity contribution < 1.29 is 14.3 Å². The molecule has 0 aliphatic carbocycles. The summed E-state index contributed by atoms with van der Waals surface area (Å²) in [6, 6.07) is 11.3. The highest BCUT2D eigenvalue weighted by Crippen LogP contribution is 2.21. The number of amides is 2. The third-order valence-corrected chi connectivity index (χ3v) is 4.59. The lowest BCUT2D eigenvalue weighted by Crippen LogP contribution is -2.46. The number of urea groups is 1. The van der Waals surface area contributed by atoms with Gasteiger partial charge in [-0.1, -0.05) is 6.42 Å². The van der Waals surface area contributed by atoms with Gasteiger partial charge in [-0.05, 0) is 55.8 Å². The second kappa shape index (κ2) is 8.69. The van der Waals surface area contributed by atoms with Crippen molar-refractivity contribution in [3.05, 3.63) is 42.7 Å². The third kappa shape index (κ3) is 4.84. The molecule has 1 unspecified atom stereocenters. The van der Waals surface area contributed by atoms with E-state index < -0.39 is 0 Å². The van der Waals surface area contributed by atoms with Crippen LogP contribution in [-0.2, 0) is 0 Å². The van der Waals surface area contributed by atoms with Crippen LogP contribution < -0.4 is 10.6 Å². The Balaban J connectivity index is 1.43. The highest BCUT2D eigenvalue weighted by atomic mass is 16.3. The molecule has 0 spiro atoms. The molecule has 0 bridgehead atoms. The van der Waals surface area contributed by atoms with E-state index in [2.05, 4.69) is 15.5 Å².